The Morgan fingerprint density at radius 2 is 1.00 bits per heavy atom. The van der Waals surface area contributed by atoms with Crippen molar-refractivity contribution < 1.29 is 26.5 Å². The van der Waals surface area contributed by atoms with Gasteiger partial charge >= 0.3 is 75.1 Å². The molecular weight excluding hydrogens is 458 g/mol. The molecule has 0 unspecified atom stereocenters. The van der Waals surface area contributed by atoms with Gasteiger partial charge in [-0.1, -0.05) is 0 Å². The van der Waals surface area contributed by atoms with E-state index in [-0.39, 0.29) is 102 Å². The van der Waals surface area contributed by atoms with Gasteiger partial charge in [-0.3, -0.25) is 0 Å². The van der Waals surface area contributed by atoms with Crippen molar-refractivity contribution in [2.75, 3.05) is 0 Å². The molecule has 0 aliphatic rings. The van der Waals surface area contributed by atoms with Crippen LogP contribution in [0.25, 0.3) is 0 Å². The minimum Gasteiger partial charge on any atom is -0.870 e. The van der Waals surface area contributed by atoms with E-state index >= 15 is 0 Å². The molecule has 0 aromatic rings. The minimum absolute atomic E-state index is 0. The number of hydrogen-bond donors (Lipinski definition) is 0. The van der Waals surface area contributed by atoms with Crippen molar-refractivity contribution >= 4 is 75.1 Å². The van der Waals surface area contributed by atoms with Gasteiger partial charge in [0, 0.05) is 21.1 Å². The molecule has 0 aromatic heterocycles. The van der Waals surface area contributed by atoms with Crippen LogP contribution in [0.3, 0.4) is 0 Å². The van der Waals surface area contributed by atoms with E-state index in [1.807, 2.05) is 0 Å². The van der Waals surface area contributed by atoms with Gasteiger partial charge in [0.05, 0.1) is 0 Å². The van der Waals surface area contributed by atoms with Crippen LogP contribution in [0.15, 0.2) is 0 Å². The molecule has 0 rings (SSSR count). The summed E-state index contributed by atoms with van der Waals surface area (Å²) in [5.74, 6) is 0. The van der Waals surface area contributed by atoms with Crippen LogP contribution in [0.5, 0.6) is 0 Å². The second kappa shape index (κ2) is 16.5. The molecule has 4 heteroatoms. The Kier molecular flexibility index (Phi) is 113. The zero-order valence-corrected chi connectivity index (χ0v) is 16.3. The first-order chi connectivity index (χ1) is 0. The standard InChI is InChI=1S/Ba.Bi.Mo.H2O.4H/h;;;1H2;;;;/q+1;;;;;;;/p-1. The zero-order chi connectivity index (χ0) is 0. The Morgan fingerprint density at radius 1 is 1.00 bits per heavy atom. The van der Waals surface area contributed by atoms with Crippen LogP contribution < -0.4 is 0 Å². The van der Waals surface area contributed by atoms with Crippen molar-refractivity contribution in [3.05, 3.63) is 0 Å². The largest absolute Gasteiger partial charge is 0.870 e. The summed E-state index contributed by atoms with van der Waals surface area (Å²) in [6.45, 7) is 0. The maximum absolute atomic E-state index is 0. The van der Waals surface area contributed by atoms with Crippen molar-refractivity contribution in [3.63, 3.8) is 0 Å². The maximum atomic E-state index is 0. The van der Waals surface area contributed by atoms with Gasteiger partial charge in [0.1, 0.15) is 0 Å². The molecule has 0 aromatic carbocycles. The van der Waals surface area contributed by atoms with E-state index in [4.69, 9.17) is 0 Å². The minimum atomic E-state index is 0. The summed E-state index contributed by atoms with van der Waals surface area (Å²) in [5.41, 5.74) is 0. The van der Waals surface area contributed by atoms with Crippen molar-refractivity contribution in [3.8, 4) is 0 Å². The number of hydrogen-bond acceptors (Lipinski definition) is 1. The van der Waals surface area contributed by atoms with Gasteiger partial charge in [-0.05, 0) is 0 Å². The van der Waals surface area contributed by atoms with Crippen LogP contribution in [0.1, 0.15) is 0 Å². The zero-order valence-electron chi connectivity index (χ0n) is 2.56. The predicted molar refractivity (Wildman–Crippen MR) is 19.0 cm³/mol. The molecule has 1 nitrogen and oxygen atoms in total. The Labute approximate surface area is 99.1 Å². The Bertz CT molecular complexity index is 8.00. The molecule has 0 saturated carbocycles. The first kappa shape index (κ1) is 27.5. The predicted octanol–water partition coefficient (Wildman–Crippen LogP) is -2.01. The van der Waals surface area contributed by atoms with Gasteiger partial charge in [-0.2, -0.15) is 0 Å². The van der Waals surface area contributed by atoms with Crippen molar-refractivity contribution in [1.82, 2.24) is 0 Å². The van der Waals surface area contributed by atoms with E-state index in [1.54, 1.807) is 0 Å². The third kappa shape index (κ3) is 8.92. The monoisotopic (exact) mass is 466 g/mol. The topological polar surface area (TPSA) is 30.0 Å². The molecule has 0 amide bonds. The van der Waals surface area contributed by atoms with E-state index < -0.39 is 0 Å². The molecule has 0 radical (unpaired) electrons. The van der Waals surface area contributed by atoms with Crippen molar-refractivity contribution in [1.29, 1.82) is 0 Å². The molecule has 24 valence electrons. The average Bonchev–Trinajstić information content (AvgIpc) is 0. The van der Waals surface area contributed by atoms with Crippen LogP contribution in [0.4, 0.5) is 0 Å². The summed E-state index contributed by atoms with van der Waals surface area (Å²) in [6, 6.07) is 0. The molecule has 0 aliphatic carbocycles. The van der Waals surface area contributed by atoms with Crippen LogP contribution in [-0.4, -0.2) is 80.6 Å². The van der Waals surface area contributed by atoms with Gasteiger partial charge in [0.15, 0.2) is 0 Å². The van der Waals surface area contributed by atoms with Crippen LogP contribution in [0, 0.1) is 0 Å². The van der Waals surface area contributed by atoms with E-state index in [0.29, 0.717) is 0 Å². The van der Waals surface area contributed by atoms with Crippen LogP contribution in [0.2, 0.25) is 0 Å². The molecule has 0 saturated heterocycles. The Morgan fingerprint density at radius 3 is 1.00 bits per heavy atom. The SMILES string of the molecule is [BaH+].[BiH3].[Mo].[OH-]. The quantitative estimate of drug-likeness (QED) is 0.382. The van der Waals surface area contributed by atoms with E-state index in [0.717, 1.165) is 0 Å². The molecular formula is H5BaBiMoO. The van der Waals surface area contributed by atoms with Crippen molar-refractivity contribution in [2.24, 2.45) is 0 Å². The molecule has 4 heavy (non-hydrogen) atoms. The van der Waals surface area contributed by atoms with Gasteiger partial charge in [0.2, 0.25) is 0 Å². The third-order valence-electron chi connectivity index (χ3n) is 0. The van der Waals surface area contributed by atoms with Gasteiger partial charge in [-0.25, -0.2) is 0 Å². The molecule has 0 spiro atoms. The van der Waals surface area contributed by atoms with Gasteiger partial charge in [-0.15, -0.1) is 0 Å². The van der Waals surface area contributed by atoms with Crippen LogP contribution in [-0.2, 0) is 21.1 Å². The molecule has 0 aliphatic heterocycles. The summed E-state index contributed by atoms with van der Waals surface area (Å²) in [4.78, 5) is 0. The molecule has 1 N–H and O–H groups in total. The Hall–Kier alpha value is 3.10. The maximum Gasteiger partial charge on any atom is 0 e. The second-order valence-corrected chi connectivity index (χ2v) is 0. The fraction of sp³-hybridized carbons (Fsp3) is 0. The fourth-order valence-electron chi connectivity index (χ4n) is 0. The third-order valence-corrected chi connectivity index (χ3v) is 0. The van der Waals surface area contributed by atoms with Crippen LogP contribution >= 0.6 is 0 Å². The van der Waals surface area contributed by atoms with E-state index in [2.05, 4.69) is 0 Å². The smallest absolute Gasteiger partial charge is 0 e. The Balaban J connectivity index is 0. The van der Waals surface area contributed by atoms with E-state index in [9.17, 15) is 0 Å². The summed E-state index contributed by atoms with van der Waals surface area (Å²) >= 11 is 0. The normalized spacial score (nSPS) is 0. The van der Waals surface area contributed by atoms with Gasteiger partial charge < -0.3 is 5.48 Å². The first-order valence-electron chi connectivity index (χ1n) is 0. The summed E-state index contributed by atoms with van der Waals surface area (Å²) in [6.07, 6.45) is 0. The second-order valence-electron chi connectivity index (χ2n) is 0. The summed E-state index contributed by atoms with van der Waals surface area (Å²) < 4.78 is 0. The molecule has 0 fully saturated rings. The summed E-state index contributed by atoms with van der Waals surface area (Å²) in [5, 5.41) is 0. The average molecular weight is 463 g/mol. The molecule has 0 atom stereocenters. The molecule has 0 heterocycles. The fourth-order valence-corrected chi connectivity index (χ4v) is 0. The number of rotatable bonds is 0. The van der Waals surface area contributed by atoms with Gasteiger partial charge in [0.25, 0.3) is 0 Å². The van der Waals surface area contributed by atoms with E-state index in [1.165, 1.54) is 0 Å². The van der Waals surface area contributed by atoms with Crippen molar-refractivity contribution in [2.45, 2.75) is 0 Å². The first-order valence-corrected chi connectivity index (χ1v) is 0. The molecule has 0 bridgehead atoms. The summed E-state index contributed by atoms with van der Waals surface area (Å²) in [7, 11) is 0.